The number of nitrogens with two attached hydrogens (primary N) is 1. The van der Waals surface area contributed by atoms with Crippen molar-refractivity contribution >= 4 is 5.84 Å². The van der Waals surface area contributed by atoms with Gasteiger partial charge < -0.3 is 21.4 Å². The zero-order chi connectivity index (χ0) is 13.7. The largest absolute Gasteiger partial charge is 0.409 e. The van der Waals surface area contributed by atoms with Gasteiger partial charge in [-0.1, -0.05) is 19.0 Å². The summed E-state index contributed by atoms with van der Waals surface area (Å²) in [5.41, 5.74) is 4.45. The highest BCUT2D eigenvalue weighted by Gasteiger charge is 2.42. The van der Waals surface area contributed by atoms with Crippen LogP contribution < -0.4 is 11.1 Å². The maximum Gasteiger partial charge on any atom is 0.400 e. The first-order chi connectivity index (χ1) is 7.64. The number of rotatable bonds is 6. The summed E-state index contributed by atoms with van der Waals surface area (Å²) in [4.78, 5) is 0. The summed E-state index contributed by atoms with van der Waals surface area (Å²) in [7, 11) is 0. The van der Waals surface area contributed by atoms with E-state index >= 15 is 0 Å². The molecule has 0 aliphatic rings. The molecule has 0 aliphatic heterocycles. The van der Waals surface area contributed by atoms with Gasteiger partial charge in [-0.05, 0) is 0 Å². The fourth-order valence-electron chi connectivity index (χ4n) is 1.07. The third-order valence-electron chi connectivity index (χ3n) is 2.25. The summed E-state index contributed by atoms with van der Waals surface area (Å²) in [6.07, 6.45) is -4.58. The molecule has 1 atom stereocenters. The summed E-state index contributed by atoms with van der Waals surface area (Å²) < 4.78 is 37.5. The van der Waals surface area contributed by atoms with Crippen LogP contribution in [-0.2, 0) is 0 Å². The lowest BCUT2D eigenvalue weighted by molar-refractivity contribution is -0.155. The third kappa shape index (κ3) is 5.73. The number of aliphatic hydroxyl groups is 1. The average molecular weight is 257 g/mol. The highest BCUT2D eigenvalue weighted by atomic mass is 19.4. The quantitative estimate of drug-likeness (QED) is 0.242. The van der Waals surface area contributed by atoms with Crippen molar-refractivity contribution in [2.24, 2.45) is 22.2 Å². The zero-order valence-electron chi connectivity index (χ0n) is 9.75. The number of nitrogens with zero attached hydrogens (tertiary/aromatic N) is 1. The molecule has 5 N–H and O–H groups in total. The molecule has 0 aromatic heterocycles. The van der Waals surface area contributed by atoms with E-state index in [4.69, 9.17) is 16.0 Å². The van der Waals surface area contributed by atoms with Crippen molar-refractivity contribution in [2.45, 2.75) is 20.0 Å². The van der Waals surface area contributed by atoms with Gasteiger partial charge in [0.05, 0.1) is 0 Å². The molecule has 0 saturated carbocycles. The summed E-state index contributed by atoms with van der Waals surface area (Å²) in [6.45, 7) is 2.94. The van der Waals surface area contributed by atoms with Crippen molar-refractivity contribution in [2.75, 3.05) is 19.7 Å². The fourth-order valence-corrected chi connectivity index (χ4v) is 1.07. The van der Waals surface area contributed by atoms with Crippen LogP contribution in [-0.4, -0.2) is 42.0 Å². The topological polar surface area (TPSA) is 90.9 Å². The molecule has 0 heterocycles. The number of hydrogen-bond acceptors (Lipinski definition) is 4. The van der Waals surface area contributed by atoms with Gasteiger partial charge in [0.25, 0.3) is 0 Å². The molecule has 0 aliphatic carbocycles. The highest BCUT2D eigenvalue weighted by Crippen LogP contribution is 2.26. The van der Waals surface area contributed by atoms with Gasteiger partial charge in [0.1, 0.15) is 5.92 Å². The first-order valence-electron chi connectivity index (χ1n) is 5.00. The Kier molecular flexibility index (Phi) is 5.70. The Morgan fingerprint density at radius 2 is 1.94 bits per heavy atom. The van der Waals surface area contributed by atoms with Crippen molar-refractivity contribution in [1.82, 2.24) is 5.32 Å². The smallest absolute Gasteiger partial charge is 0.400 e. The normalized spacial score (nSPS) is 16.0. The number of aliphatic hydroxyl groups excluding tert-OH is 1. The van der Waals surface area contributed by atoms with Crippen LogP contribution in [0.4, 0.5) is 13.2 Å². The molecule has 0 radical (unpaired) electrons. The maximum absolute atomic E-state index is 12.5. The van der Waals surface area contributed by atoms with E-state index in [9.17, 15) is 13.2 Å². The number of halogens is 3. The lowest BCUT2D eigenvalue weighted by atomic mass is 9.94. The second-order valence-corrected chi connectivity index (χ2v) is 4.57. The Hall–Kier alpha value is -1.02. The van der Waals surface area contributed by atoms with Gasteiger partial charge >= 0.3 is 6.18 Å². The van der Waals surface area contributed by atoms with Gasteiger partial charge in [0.15, 0.2) is 5.84 Å². The average Bonchev–Trinajstić information content (AvgIpc) is 2.21. The van der Waals surface area contributed by atoms with Gasteiger partial charge in [0, 0.05) is 25.1 Å². The van der Waals surface area contributed by atoms with E-state index < -0.39 is 29.9 Å². The minimum absolute atomic E-state index is 0.153. The molecule has 5 nitrogen and oxygen atoms in total. The first kappa shape index (κ1) is 16.0. The highest BCUT2D eigenvalue weighted by molar-refractivity contribution is 5.83. The predicted octanol–water partition coefficient (Wildman–Crippen LogP) is 0.519. The molecule has 1 unspecified atom stereocenters. The van der Waals surface area contributed by atoms with Crippen LogP contribution >= 0.6 is 0 Å². The third-order valence-corrected chi connectivity index (χ3v) is 2.25. The van der Waals surface area contributed by atoms with E-state index in [-0.39, 0.29) is 13.2 Å². The Morgan fingerprint density at radius 3 is 2.29 bits per heavy atom. The Morgan fingerprint density at radius 1 is 1.41 bits per heavy atom. The van der Waals surface area contributed by atoms with Crippen LogP contribution in [0.2, 0.25) is 0 Å². The molecule has 0 rings (SSSR count). The molecule has 0 saturated heterocycles. The van der Waals surface area contributed by atoms with Crippen LogP contribution in [0.1, 0.15) is 13.8 Å². The summed E-state index contributed by atoms with van der Waals surface area (Å²) in [5.74, 6) is -2.92. The van der Waals surface area contributed by atoms with E-state index in [1.165, 1.54) is 0 Å². The van der Waals surface area contributed by atoms with Crippen molar-refractivity contribution in [3.05, 3.63) is 0 Å². The van der Waals surface area contributed by atoms with Crippen molar-refractivity contribution in [3.63, 3.8) is 0 Å². The van der Waals surface area contributed by atoms with Crippen LogP contribution in [0.3, 0.4) is 0 Å². The van der Waals surface area contributed by atoms with Crippen molar-refractivity contribution in [1.29, 1.82) is 0 Å². The van der Waals surface area contributed by atoms with Crippen LogP contribution in [0.25, 0.3) is 0 Å². The SMILES string of the molecule is CC(C)(CO)CNCC(C(N)=NO)C(F)(F)F. The molecule has 0 bridgehead atoms. The monoisotopic (exact) mass is 257 g/mol. The zero-order valence-corrected chi connectivity index (χ0v) is 9.75. The minimum Gasteiger partial charge on any atom is -0.409 e. The number of hydrogen-bond donors (Lipinski definition) is 4. The Balaban J connectivity index is 4.40. The van der Waals surface area contributed by atoms with Crippen molar-refractivity contribution in [3.8, 4) is 0 Å². The molecule has 8 heteroatoms. The molecule has 0 fully saturated rings. The van der Waals surface area contributed by atoms with Gasteiger partial charge in [-0.25, -0.2) is 0 Å². The van der Waals surface area contributed by atoms with E-state index in [1.54, 1.807) is 13.8 Å². The summed E-state index contributed by atoms with van der Waals surface area (Å²) in [5, 5.41) is 22.1. The summed E-state index contributed by atoms with van der Waals surface area (Å²) >= 11 is 0. The predicted molar refractivity (Wildman–Crippen MR) is 56.7 cm³/mol. The first-order valence-corrected chi connectivity index (χ1v) is 5.00. The molecule has 102 valence electrons. The van der Waals surface area contributed by atoms with E-state index in [2.05, 4.69) is 10.5 Å². The van der Waals surface area contributed by atoms with Crippen LogP contribution in [0, 0.1) is 11.3 Å². The van der Waals surface area contributed by atoms with Gasteiger partial charge in [-0.2, -0.15) is 13.2 Å². The maximum atomic E-state index is 12.5. The molecular formula is C9H18F3N3O2. The molecule has 0 amide bonds. The Bertz CT molecular complexity index is 267. The molecular weight excluding hydrogens is 239 g/mol. The molecule has 0 aromatic rings. The van der Waals surface area contributed by atoms with E-state index in [0.29, 0.717) is 0 Å². The number of amidine groups is 1. The lowest BCUT2D eigenvalue weighted by Gasteiger charge is -2.25. The number of nitrogens with one attached hydrogen (secondary N) is 1. The molecule has 0 spiro atoms. The van der Waals surface area contributed by atoms with Crippen LogP contribution in [0.5, 0.6) is 0 Å². The number of oxime groups is 1. The van der Waals surface area contributed by atoms with E-state index in [0.717, 1.165) is 0 Å². The lowest BCUT2D eigenvalue weighted by Crippen LogP contribution is -2.45. The molecule has 0 aromatic carbocycles. The second kappa shape index (κ2) is 6.06. The van der Waals surface area contributed by atoms with Gasteiger partial charge in [-0.15, -0.1) is 0 Å². The summed E-state index contributed by atoms with van der Waals surface area (Å²) in [6, 6.07) is 0. The van der Waals surface area contributed by atoms with Crippen LogP contribution in [0.15, 0.2) is 5.16 Å². The fraction of sp³-hybridized carbons (Fsp3) is 0.889. The molecule has 17 heavy (non-hydrogen) atoms. The standard InChI is InChI=1S/C9H18F3N3O2/c1-8(2,5-16)4-14-3-6(7(13)15-17)9(10,11)12/h6,14,16-17H,3-5H2,1-2H3,(H2,13,15). The van der Waals surface area contributed by atoms with Gasteiger partial charge in [-0.3, -0.25) is 0 Å². The minimum atomic E-state index is -4.58. The van der Waals surface area contributed by atoms with E-state index in [1.807, 2.05) is 0 Å². The Labute approximate surface area is 97.5 Å². The second-order valence-electron chi connectivity index (χ2n) is 4.57. The van der Waals surface area contributed by atoms with Gasteiger partial charge in [0.2, 0.25) is 0 Å². The number of alkyl halides is 3. The van der Waals surface area contributed by atoms with Crippen molar-refractivity contribution < 1.29 is 23.5 Å².